The molecule has 4 aromatic rings. The zero-order chi connectivity index (χ0) is 21.8. The summed E-state index contributed by atoms with van der Waals surface area (Å²) in [5, 5.41) is 21.0. The van der Waals surface area contributed by atoms with E-state index in [0.29, 0.717) is 33.0 Å². The first-order chi connectivity index (χ1) is 15.0. The van der Waals surface area contributed by atoms with Crippen molar-refractivity contribution in [2.45, 2.75) is 24.5 Å². The first-order valence-electron chi connectivity index (χ1n) is 9.25. The summed E-state index contributed by atoms with van der Waals surface area (Å²) in [6.45, 7) is 2.36. The number of hydrogen-bond donors (Lipinski definition) is 0. The monoisotopic (exact) mass is 513 g/mol. The maximum absolute atomic E-state index is 12.7. The van der Waals surface area contributed by atoms with Crippen LogP contribution in [-0.2, 0) is 11.3 Å². The van der Waals surface area contributed by atoms with Gasteiger partial charge in [-0.3, -0.25) is 9.36 Å². The van der Waals surface area contributed by atoms with Gasteiger partial charge in [-0.05, 0) is 40.5 Å². The molecule has 7 nitrogen and oxygen atoms in total. The van der Waals surface area contributed by atoms with Gasteiger partial charge in [0.2, 0.25) is 5.82 Å². The van der Waals surface area contributed by atoms with Crippen LogP contribution in [0.5, 0.6) is 0 Å². The van der Waals surface area contributed by atoms with Gasteiger partial charge in [-0.15, -0.1) is 21.5 Å². The molecule has 0 spiro atoms. The van der Waals surface area contributed by atoms with Gasteiger partial charge in [0, 0.05) is 11.1 Å². The lowest BCUT2D eigenvalue weighted by Crippen LogP contribution is -2.14. The Morgan fingerprint density at radius 3 is 2.74 bits per heavy atom. The second-order valence-corrected chi connectivity index (χ2v) is 9.24. The van der Waals surface area contributed by atoms with E-state index in [4.69, 9.17) is 4.42 Å². The molecule has 0 unspecified atom stereocenters. The summed E-state index contributed by atoms with van der Waals surface area (Å²) in [5.74, 6) is 0.139. The number of halogens is 1. The fourth-order valence-electron chi connectivity index (χ4n) is 2.91. The molecular weight excluding hydrogens is 498 g/mol. The van der Waals surface area contributed by atoms with Crippen LogP contribution in [-0.4, -0.2) is 31.3 Å². The van der Waals surface area contributed by atoms with Gasteiger partial charge in [-0.25, -0.2) is 4.98 Å². The fraction of sp³-hybridized carbons (Fsp3) is 0.190. The van der Waals surface area contributed by atoms with Crippen molar-refractivity contribution in [2.75, 3.05) is 5.75 Å². The number of rotatable bonds is 8. The third-order valence-electron chi connectivity index (χ3n) is 4.37. The van der Waals surface area contributed by atoms with Gasteiger partial charge in [0.1, 0.15) is 5.01 Å². The van der Waals surface area contributed by atoms with E-state index in [1.807, 2.05) is 53.3 Å². The Balaban J connectivity index is 1.58. The van der Waals surface area contributed by atoms with Crippen LogP contribution in [0.25, 0.3) is 11.6 Å². The standard InChI is InChI=1S/C21H16BrN5O2S2/c1-13-11-30-20(24-13)15(9-23)16(28)12-31-21-26-25-19(17-7-8-18(22)29-17)27(21)10-14-5-3-2-4-6-14/h2-8,11,15H,10,12H2,1H3/t15-/m0/s1. The Kier molecular flexibility index (Phi) is 6.65. The van der Waals surface area contributed by atoms with E-state index in [-0.39, 0.29) is 11.5 Å². The van der Waals surface area contributed by atoms with Crippen molar-refractivity contribution in [3.05, 3.63) is 68.8 Å². The van der Waals surface area contributed by atoms with Crippen molar-refractivity contribution in [1.82, 2.24) is 19.7 Å². The number of thioether (sulfide) groups is 1. The van der Waals surface area contributed by atoms with Crippen molar-refractivity contribution >= 4 is 44.8 Å². The molecule has 156 valence electrons. The molecule has 1 atom stereocenters. The van der Waals surface area contributed by atoms with E-state index in [1.54, 1.807) is 6.07 Å². The lowest BCUT2D eigenvalue weighted by Gasteiger charge is -2.10. The number of thiazole rings is 1. The van der Waals surface area contributed by atoms with E-state index in [2.05, 4.69) is 37.2 Å². The van der Waals surface area contributed by atoms with E-state index in [9.17, 15) is 10.1 Å². The van der Waals surface area contributed by atoms with E-state index >= 15 is 0 Å². The van der Waals surface area contributed by atoms with Crippen molar-refractivity contribution in [2.24, 2.45) is 0 Å². The van der Waals surface area contributed by atoms with Gasteiger partial charge in [0.25, 0.3) is 0 Å². The van der Waals surface area contributed by atoms with Crippen LogP contribution in [0, 0.1) is 18.3 Å². The highest BCUT2D eigenvalue weighted by Gasteiger charge is 2.25. The van der Waals surface area contributed by atoms with Gasteiger partial charge in [-0.2, -0.15) is 5.26 Å². The number of ketones is 1. The topological polar surface area (TPSA) is 97.6 Å². The highest BCUT2D eigenvalue weighted by atomic mass is 79.9. The van der Waals surface area contributed by atoms with E-state index in [0.717, 1.165) is 11.3 Å². The highest BCUT2D eigenvalue weighted by molar-refractivity contribution is 9.10. The van der Waals surface area contributed by atoms with Crippen LogP contribution in [0.2, 0.25) is 0 Å². The van der Waals surface area contributed by atoms with Crippen molar-refractivity contribution in [3.8, 4) is 17.7 Å². The Morgan fingerprint density at radius 1 is 1.29 bits per heavy atom. The van der Waals surface area contributed by atoms with Gasteiger partial charge in [0.05, 0.1) is 18.4 Å². The third kappa shape index (κ3) is 4.95. The fourth-order valence-corrected chi connectivity index (χ4v) is 4.92. The van der Waals surface area contributed by atoms with Crippen molar-refractivity contribution < 1.29 is 9.21 Å². The first kappa shape index (κ1) is 21.5. The summed E-state index contributed by atoms with van der Waals surface area (Å²) in [6, 6.07) is 15.6. The number of benzene rings is 1. The number of nitrogens with zero attached hydrogens (tertiary/aromatic N) is 5. The van der Waals surface area contributed by atoms with Gasteiger partial charge < -0.3 is 4.42 Å². The van der Waals surface area contributed by atoms with Crippen LogP contribution in [0.1, 0.15) is 22.2 Å². The molecule has 10 heteroatoms. The molecule has 0 saturated carbocycles. The Labute approximate surface area is 195 Å². The smallest absolute Gasteiger partial charge is 0.200 e. The summed E-state index contributed by atoms with van der Waals surface area (Å²) in [4.78, 5) is 17.0. The molecule has 0 N–H and O–H groups in total. The lowest BCUT2D eigenvalue weighted by atomic mass is 10.1. The minimum atomic E-state index is -0.878. The average molecular weight is 514 g/mol. The number of hydrogen-bond acceptors (Lipinski definition) is 8. The third-order valence-corrected chi connectivity index (χ3v) is 6.82. The number of carbonyl (C=O) groups excluding carboxylic acids is 1. The molecule has 0 bridgehead atoms. The summed E-state index contributed by atoms with van der Waals surface area (Å²) >= 11 is 5.90. The summed E-state index contributed by atoms with van der Waals surface area (Å²) in [7, 11) is 0. The Morgan fingerprint density at radius 2 is 2.10 bits per heavy atom. The molecule has 0 aliphatic heterocycles. The van der Waals surface area contributed by atoms with E-state index in [1.165, 1.54) is 23.1 Å². The normalized spacial score (nSPS) is 11.9. The molecule has 0 radical (unpaired) electrons. The van der Waals surface area contributed by atoms with Gasteiger partial charge in [0.15, 0.2) is 27.3 Å². The average Bonchev–Trinajstić information content (AvgIpc) is 3.48. The number of aromatic nitrogens is 4. The van der Waals surface area contributed by atoms with Crippen LogP contribution in [0.4, 0.5) is 0 Å². The van der Waals surface area contributed by atoms with Crippen LogP contribution >= 0.6 is 39.0 Å². The minimum absolute atomic E-state index is 0.0889. The second kappa shape index (κ2) is 9.60. The molecular formula is C21H16BrN5O2S2. The van der Waals surface area contributed by atoms with Gasteiger partial charge >= 0.3 is 0 Å². The first-order valence-corrected chi connectivity index (χ1v) is 11.9. The van der Waals surface area contributed by atoms with Crippen molar-refractivity contribution in [1.29, 1.82) is 5.26 Å². The quantitative estimate of drug-likeness (QED) is 0.303. The number of Topliss-reactive ketones (excluding diaryl/α,β-unsaturated/α-hetero) is 1. The maximum Gasteiger partial charge on any atom is 0.200 e. The second-order valence-electron chi connectivity index (χ2n) is 6.63. The molecule has 3 heterocycles. The SMILES string of the molecule is Cc1csc([C@@H](C#N)C(=O)CSc2nnc(-c3ccc(Br)o3)n2Cc2ccccc2)n1. The number of aryl methyl sites for hydroxylation is 1. The van der Waals surface area contributed by atoms with Crippen LogP contribution in [0.3, 0.4) is 0 Å². The molecule has 0 fully saturated rings. The molecule has 4 rings (SSSR count). The minimum Gasteiger partial charge on any atom is -0.446 e. The van der Waals surface area contributed by atoms with Crippen LogP contribution < -0.4 is 0 Å². The molecule has 1 aromatic carbocycles. The Bertz CT molecular complexity index is 1240. The number of carbonyl (C=O) groups is 1. The molecule has 0 aliphatic rings. The number of nitriles is 1. The zero-order valence-corrected chi connectivity index (χ0v) is 19.6. The molecule has 3 aromatic heterocycles. The van der Waals surface area contributed by atoms with Crippen molar-refractivity contribution in [3.63, 3.8) is 0 Å². The lowest BCUT2D eigenvalue weighted by molar-refractivity contribution is -0.116. The van der Waals surface area contributed by atoms with Crippen LogP contribution in [0.15, 0.2) is 62.1 Å². The van der Waals surface area contributed by atoms with E-state index < -0.39 is 5.92 Å². The summed E-state index contributed by atoms with van der Waals surface area (Å²) in [6.07, 6.45) is 0. The predicted molar refractivity (Wildman–Crippen MR) is 122 cm³/mol. The Hall–Kier alpha value is -2.74. The molecule has 0 aliphatic carbocycles. The molecule has 0 amide bonds. The summed E-state index contributed by atoms with van der Waals surface area (Å²) < 4.78 is 8.17. The zero-order valence-electron chi connectivity index (χ0n) is 16.4. The predicted octanol–water partition coefficient (Wildman–Crippen LogP) is 5.08. The molecule has 0 saturated heterocycles. The highest BCUT2D eigenvalue weighted by Crippen LogP contribution is 2.29. The van der Waals surface area contributed by atoms with Gasteiger partial charge in [-0.1, -0.05) is 42.1 Å². The molecule has 31 heavy (non-hydrogen) atoms. The summed E-state index contributed by atoms with van der Waals surface area (Å²) in [5.41, 5.74) is 1.87. The maximum atomic E-state index is 12.7. The largest absolute Gasteiger partial charge is 0.446 e. The number of furan rings is 1.